The second kappa shape index (κ2) is 8.01. The quantitative estimate of drug-likeness (QED) is 0.643. The van der Waals surface area contributed by atoms with Gasteiger partial charge in [0.1, 0.15) is 10.7 Å². The van der Waals surface area contributed by atoms with Gasteiger partial charge in [0.05, 0.1) is 14.2 Å². The van der Waals surface area contributed by atoms with Crippen molar-refractivity contribution in [1.82, 2.24) is 4.98 Å². The van der Waals surface area contributed by atoms with Crippen molar-refractivity contribution in [1.29, 1.82) is 0 Å². The first-order chi connectivity index (χ1) is 12.7. The summed E-state index contributed by atoms with van der Waals surface area (Å²) in [6, 6.07) is 15.2. The molecule has 0 N–H and O–H groups in total. The van der Waals surface area contributed by atoms with Crippen molar-refractivity contribution in [2.45, 2.75) is 6.92 Å². The minimum atomic E-state index is -0.110. The van der Waals surface area contributed by atoms with Crippen LogP contribution in [0.4, 0.5) is 5.69 Å². The zero-order chi connectivity index (χ0) is 18.5. The molecule has 0 unspecified atom stereocenters. The molecular formula is C20H20N2O3S. The first kappa shape index (κ1) is 17.9. The third-order valence-corrected chi connectivity index (χ3v) is 4.87. The summed E-state index contributed by atoms with van der Waals surface area (Å²) in [5.74, 6) is 1.18. The summed E-state index contributed by atoms with van der Waals surface area (Å²) in [5.41, 5.74) is 2.18. The fraction of sp³-hybridized carbons (Fsp3) is 0.200. The lowest BCUT2D eigenvalue weighted by Gasteiger charge is -2.19. The Morgan fingerprint density at radius 3 is 2.46 bits per heavy atom. The zero-order valence-corrected chi connectivity index (χ0v) is 15.7. The highest BCUT2D eigenvalue weighted by Crippen LogP contribution is 2.33. The van der Waals surface area contributed by atoms with Crippen LogP contribution < -0.4 is 14.4 Å². The Balaban J connectivity index is 1.88. The van der Waals surface area contributed by atoms with E-state index in [2.05, 4.69) is 4.98 Å². The highest BCUT2D eigenvalue weighted by Gasteiger charge is 2.19. The van der Waals surface area contributed by atoms with Gasteiger partial charge in [-0.25, -0.2) is 4.98 Å². The average molecular weight is 368 g/mol. The number of carbonyl (C=O) groups is 1. The van der Waals surface area contributed by atoms with Crippen LogP contribution in [0.3, 0.4) is 0 Å². The second-order valence-corrected chi connectivity index (χ2v) is 6.35. The molecule has 6 heteroatoms. The number of methoxy groups -OCH3 is 2. The van der Waals surface area contributed by atoms with E-state index in [1.807, 2.05) is 55.5 Å². The molecule has 0 aliphatic carbocycles. The number of amides is 1. The van der Waals surface area contributed by atoms with Crippen LogP contribution in [0.1, 0.15) is 17.4 Å². The lowest BCUT2D eigenvalue weighted by atomic mass is 10.2. The Bertz CT molecular complexity index is 893. The van der Waals surface area contributed by atoms with Crippen LogP contribution in [-0.2, 0) is 0 Å². The predicted molar refractivity (Wildman–Crippen MR) is 104 cm³/mol. The fourth-order valence-electron chi connectivity index (χ4n) is 2.66. The minimum absolute atomic E-state index is 0.110. The molecule has 0 atom stereocenters. The van der Waals surface area contributed by atoms with Gasteiger partial charge in [0.25, 0.3) is 5.91 Å². The number of benzene rings is 2. The number of thiazole rings is 1. The number of para-hydroxylation sites is 1. The Kier molecular flexibility index (Phi) is 5.53. The highest BCUT2D eigenvalue weighted by molar-refractivity contribution is 7.13. The molecule has 134 valence electrons. The molecule has 0 saturated heterocycles. The molecule has 5 nitrogen and oxygen atoms in total. The molecule has 2 aromatic carbocycles. The number of anilines is 1. The summed E-state index contributed by atoms with van der Waals surface area (Å²) in [5, 5.41) is 2.55. The van der Waals surface area contributed by atoms with Crippen LogP contribution >= 0.6 is 11.3 Å². The molecule has 0 spiro atoms. The van der Waals surface area contributed by atoms with E-state index in [9.17, 15) is 4.79 Å². The number of hydrogen-bond acceptors (Lipinski definition) is 5. The van der Waals surface area contributed by atoms with Gasteiger partial charge in [-0.1, -0.05) is 18.2 Å². The Hall–Kier alpha value is -2.86. The smallest absolute Gasteiger partial charge is 0.277 e. The van der Waals surface area contributed by atoms with E-state index in [-0.39, 0.29) is 5.91 Å². The largest absolute Gasteiger partial charge is 0.493 e. The van der Waals surface area contributed by atoms with Gasteiger partial charge >= 0.3 is 0 Å². The van der Waals surface area contributed by atoms with Crippen molar-refractivity contribution in [3.63, 3.8) is 0 Å². The van der Waals surface area contributed by atoms with E-state index in [0.29, 0.717) is 23.7 Å². The van der Waals surface area contributed by atoms with Crippen LogP contribution in [0.2, 0.25) is 0 Å². The summed E-state index contributed by atoms with van der Waals surface area (Å²) < 4.78 is 10.6. The van der Waals surface area contributed by atoms with Crippen molar-refractivity contribution in [3.05, 3.63) is 59.6 Å². The molecule has 3 aromatic rings. The molecule has 0 aliphatic heterocycles. The van der Waals surface area contributed by atoms with Gasteiger partial charge in [0, 0.05) is 23.2 Å². The molecule has 0 bridgehead atoms. The van der Waals surface area contributed by atoms with Crippen molar-refractivity contribution in [2.24, 2.45) is 0 Å². The second-order valence-electron chi connectivity index (χ2n) is 5.49. The van der Waals surface area contributed by atoms with Crippen LogP contribution in [0.25, 0.3) is 10.6 Å². The number of carbonyl (C=O) groups excluding carboxylic acids is 1. The van der Waals surface area contributed by atoms with Gasteiger partial charge in [-0.05, 0) is 37.3 Å². The molecular weight excluding hydrogens is 348 g/mol. The standard InChI is InChI=1S/C20H20N2O3S/c1-4-22(15-8-6-5-7-9-15)20(23)16-13-26-19(21-16)14-10-11-17(24-2)18(12-14)25-3/h5-13H,4H2,1-3H3. The van der Waals surface area contributed by atoms with Crippen LogP contribution in [-0.4, -0.2) is 31.7 Å². The van der Waals surface area contributed by atoms with E-state index in [0.717, 1.165) is 16.3 Å². The number of ether oxygens (including phenoxy) is 2. The van der Waals surface area contributed by atoms with Gasteiger partial charge in [0.2, 0.25) is 0 Å². The van der Waals surface area contributed by atoms with E-state index in [1.54, 1.807) is 24.5 Å². The number of rotatable bonds is 6. The summed E-state index contributed by atoms with van der Waals surface area (Å²) in [6.07, 6.45) is 0. The molecule has 26 heavy (non-hydrogen) atoms. The molecule has 1 heterocycles. The lowest BCUT2D eigenvalue weighted by Crippen LogP contribution is -2.30. The number of nitrogens with zero attached hydrogens (tertiary/aromatic N) is 2. The maximum absolute atomic E-state index is 12.9. The predicted octanol–water partition coefficient (Wildman–Crippen LogP) is 4.49. The van der Waals surface area contributed by atoms with Crippen molar-refractivity contribution in [2.75, 3.05) is 25.7 Å². The molecule has 1 aromatic heterocycles. The maximum atomic E-state index is 12.9. The molecule has 0 radical (unpaired) electrons. The van der Waals surface area contributed by atoms with Crippen LogP contribution in [0.15, 0.2) is 53.9 Å². The number of hydrogen-bond donors (Lipinski definition) is 0. The van der Waals surface area contributed by atoms with Crippen LogP contribution in [0.5, 0.6) is 11.5 Å². The van der Waals surface area contributed by atoms with Crippen LogP contribution in [0, 0.1) is 0 Å². The van der Waals surface area contributed by atoms with Gasteiger partial charge in [-0.2, -0.15) is 0 Å². The monoisotopic (exact) mass is 368 g/mol. The first-order valence-corrected chi connectivity index (χ1v) is 9.10. The van der Waals surface area contributed by atoms with Gasteiger partial charge in [0.15, 0.2) is 11.5 Å². The van der Waals surface area contributed by atoms with E-state index in [4.69, 9.17) is 9.47 Å². The molecule has 3 rings (SSSR count). The normalized spacial score (nSPS) is 10.4. The minimum Gasteiger partial charge on any atom is -0.493 e. The highest BCUT2D eigenvalue weighted by atomic mass is 32.1. The molecule has 0 fully saturated rings. The van der Waals surface area contributed by atoms with E-state index in [1.165, 1.54) is 11.3 Å². The first-order valence-electron chi connectivity index (χ1n) is 8.22. The fourth-order valence-corrected chi connectivity index (χ4v) is 3.45. The van der Waals surface area contributed by atoms with Gasteiger partial charge in [-0.3, -0.25) is 4.79 Å². The maximum Gasteiger partial charge on any atom is 0.277 e. The van der Waals surface area contributed by atoms with Gasteiger partial charge in [-0.15, -0.1) is 11.3 Å². The topological polar surface area (TPSA) is 51.7 Å². The third kappa shape index (κ3) is 3.55. The third-order valence-electron chi connectivity index (χ3n) is 3.98. The Labute approximate surface area is 156 Å². The summed E-state index contributed by atoms with van der Waals surface area (Å²) in [4.78, 5) is 19.1. The van der Waals surface area contributed by atoms with Crippen molar-refractivity contribution < 1.29 is 14.3 Å². The molecule has 0 saturated carbocycles. The van der Waals surface area contributed by atoms with Gasteiger partial charge < -0.3 is 14.4 Å². The SMILES string of the molecule is CCN(C(=O)c1csc(-c2ccc(OC)c(OC)c2)n1)c1ccccc1. The summed E-state index contributed by atoms with van der Waals surface area (Å²) in [6.45, 7) is 2.53. The lowest BCUT2D eigenvalue weighted by molar-refractivity contribution is 0.0984. The number of aromatic nitrogens is 1. The van der Waals surface area contributed by atoms with Crippen molar-refractivity contribution >= 4 is 22.9 Å². The Morgan fingerprint density at radius 2 is 1.81 bits per heavy atom. The zero-order valence-electron chi connectivity index (χ0n) is 14.9. The summed E-state index contributed by atoms with van der Waals surface area (Å²) in [7, 11) is 3.19. The molecule has 1 amide bonds. The van der Waals surface area contributed by atoms with E-state index >= 15 is 0 Å². The molecule has 0 aliphatic rings. The van der Waals surface area contributed by atoms with E-state index < -0.39 is 0 Å². The average Bonchev–Trinajstić information content (AvgIpc) is 3.19. The Morgan fingerprint density at radius 1 is 1.08 bits per heavy atom. The van der Waals surface area contributed by atoms with Crippen molar-refractivity contribution in [3.8, 4) is 22.1 Å². The summed E-state index contributed by atoms with van der Waals surface area (Å²) >= 11 is 1.43.